The van der Waals surface area contributed by atoms with Gasteiger partial charge in [-0.1, -0.05) is 30.3 Å². The molecule has 2 fully saturated rings. The van der Waals surface area contributed by atoms with Crippen LogP contribution in [0, 0.1) is 6.42 Å². The van der Waals surface area contributed by atoms with E-state index in [2.05, 4.69) is 15.6 Å². The number of likely N-dealkylation sites (tertiary alicyclic amines) is 1. The predicted octanol–water partition coefficient (Wildman–Crippen LogP) is 2.59. The van der Waals surface area contributed by atoms with Gasteiger partial charge >= 0.3 is 0 Å². The molecule has 183 valence electrons. The zero-order chi connectivity index (χ0) is 25.2. The quantitative estimate of drug-likeness (QED) is 0.435. The normalized spacial score (nSPS) is 16.7. The van der Waals surface area contributed by atoms with Gasteiger partial charge in [0.2, 0.25) is 17.7 Å². The molecule has 1 radical (unpaired) electrons. The molecule has 1 aliphatic heterocycles. The molecule has 1 saturated carbocycles. The summed E-state index contributed by atoms with van der Waals surface area (Å²) in [5, 5.41) is 8.00. The number of nitrogens with zero attached hydrogens (tertiary/aromatic N) is 2. The number of anilines is 1. The summed E-state index contributed by atoms with van der Waals surface area (Å²) in [5.41, 5.74) is 8.17. The van der Waals surface area contributed by atoms with Crippen LogP contribution < -0.4 is 16.4 Å². The zero-order valence-corrected chi connectivity index (χ0v) is 20.1. The summed E-state index contributed by atoms with van der Waals surface area (Å²) in [6, 6.07) is 13.4. The van der Waals surface area contributed by atoms with Crippen molar-refractivity contribution in [1.29, 1.82) is 0 Å². The number of thiazole rings is 1. The number of aromatic nitrogens is 1. The molecule has 1 saturated heterocycles. The molecule has 9 nitrogen and oxygen atoms in total. The van der Waals surface area contributed by atoms with Crippen LogP contribution in [-0.4, -0.2) is 52.1 Å². The maximum atomic E-state index is 12.8. The first-order chi connectivity index (χ1) is 17.4. The number of amides is 4. The number of primary amides is 1. The third-order valence-corrected chi connectivity index (χ3v) is 6.96. The molecule has 1 aromatic heterocycles. The Morgan fingerprint density at radius 1 is 1.03 bits per heavy atom. The van der Waals surface area contributed by atoms with Crippen LogP contribution in [0.5, 0.6) is 0 Å². The Labute approximate surface area is 211 Å². The molecule has 10 heteroatoms. The van der Waals surface area contributed by atoms with Crippen molar-refractivity contribution in [3.8, 4) is 11.3 Å². The van der Waals surface area contributed by atoms with Gasteiger partial charge in [-0.2, -0.15) is 0 Å². The van der Waals surface area contributed by atoms with Gasteiger partial charge < -0.3 is 21.3 Å². The van der Waals surface area contributed by atoms with E-state index in [-0.39, 0.29) is 23.3 Å². The molecule has 3 aromatic rings. The van der Waals surface area contributed by atoms with E-state index >= 15 is 0 Å². The number of carbonyl (C=O) groups is 4. The summed E-state index contributed by atoms with van der Waals surface area (Å²) in [4.78, 5) is 55.3. The molecule has 36 heavy (non-hydrogen) atoms. The minimum Gasteiger partial charge on any atom is -0.366 e. The first-order valence-electron chi connectivity index (χ1n) is 11.6. The highest BCUT2D eigenvalue weighted by molar-refractivity contribution is 7.14. The van der Waals surface area contributed by atoms with Gasteiger partial charge in [-0.05, 0) is 43.0 Å². The maximum Gasteiger partial charge on any atom is 0.251 e. The summed E-state index contributed by atoms with van der Waals surface area (Å²) in [6.45, 7) is 0.440. The third-order valence-electron chi connectivity index (χ3n) is 6.20. The van der Waals surface area contributed by atoms with Gasteiger partial charge in [0.15, 0.2) is 5.13 Å². The molecular weight excluding hydrogens is 478 g/mol. The van der Waals surface area contributed by atoms with Gasteiger partial charge in [-0.3, -0.25) is 19.2 Å². The summed E-state index contributed by atoms with van der Waals surface area (Å²) >= 11 is 1.28. The Balaban J connectivity index is 1.18. The Morgan fingerprint density at radius 3 is 2.44 bits per heavy atom. The van der Waals surface area contributed by atoms with Gasteiger partial charge in [-0.15, -0.1) is 11.3 Å². The van der Waals surface area contributed by atoms with Gasteiger partial charge in [0, 0.05) is 34.7 Å². The van der Waals surface area contributed by atoms with Crippen molar-refractivity contribution in [2.45, 2.75) is 31.3 Å². The molecule has 1 atom stereocenters. The standard InChI is InChI=1S/C26H24N5O4S/c27-23(33)19-4-2-1-3-17(19)13-22(32)31-12-11-21(31)25(35)30-26-29-20(14-36-26)15-5-7-16(8-6-15)24(34)28-18-9-10-18/h1-8,13-14,18,21H,9-12H2,(H2,27,33)(H,28,34)(H,29,30,35)/t21-/m1/s1. The molecule has 2 heterocycles. The molecular formula is C26H24N5O4S. The summed E-state index contributed by atoms with van der Waals surface area (Å²) in [6.07, 6.45) is 3.93. The van der Waals surface area contributed by atoms with E-state index in [9.17, 15) is 19.2 Å². The van der Waals surface area contributed by atoms with E-state index in [1.165, 1.54) is 22.7 Å². The van der Waals surface area contributed by atoms with Gasteiger partial charge in [0.25, 0.3) is 5.91 Å². The average molecular weight is 503 g/mol. The van der Waals surface area contributed by atoms with Crippen molar-refractivity contribution in [3.63, 3.8) is 0 Å². The lowest BCUT2D eigenvalue weighted by Crippen LogP contribution is -2.57. The Bertz CT molecular complexity index is 1330. The molecule has 4 amide bonds. The first-order valence-corrected chi connectivity index (χ1v) is 12.5. The number of nitrogens with one attached hydrogen (secondary N) is 2. The van der Waals surface area contributed by atoms with Crippen LogP contribution >= 0.6 is 11.3 Å². The smallest absolute Gasteiger partial charge is 0.251 e. The molecule has 1 aliphatic carbocycles. The van der Waals surface area contributed by atoms with Crippen molar-refractivity contribution >= 4 is 40.1 Å². The molecule has 0 unspecified atom stereocenters. The highest BCUT2D eigenvalue weighted by Gasteiger charge is 2.38. The van der Waals surface area contributed by atoms with Gasteiger partial charge in [-0.25, -0.2) is 4.98 Å². The highest BCUT2D eigenvalue weighted by Crippen LogP contribution is 2.27. The minimum atomic E-state index is -0.622. The van der Waals surface area contributed by atoms with Crippen LogP contribution in [-0.2, 0) is 9.59 Å². The fraction of sp³-hybridized carbons (Fsp3) is 0.231. The van der Waals surface area contributed by atoms with E-state index in [0.29, 0.717) is 41.0 Å². The van der Waals surface area contributed by atoms with Crippen molar-refractivity contribution < 1.29 is 19.2 Å². The number of rotatable bonds is 8. The predicted molar refractivity (Wildman–Crippen MR) is 135 cm³/mol. The fourth-order valence-electron chi connectivity index (χ4n) is 3.93. The van der Waals surface area contributed by atoms with Crippen molar-refractivity contribution in [3.05, 3.63) is 77.0 Å². The first kappa shape index (κ1) is 23.7. The van der Waals surface area contributed by atoms with Crippen LogP contribution in [0.4, 0.5) is 5.13 Å². The SMILES string of the molecule is NC(=O)c1ccccc1[CH]C(=O)N1CC[C@@H]1C(=O)Nc1nc(-c2ccc(C(=O)NC3CC3)cc2)cs1. The van der Waals surface area contributed by atoms with Gasteiger partial charge in [0.1, 0.15) is 6.04 Å². The molecule has 4 N–H and O–H groups in total. The molecule has 0 spiro atoms. The van der Waals surface area contributed by atoms with E-state index in [1.807, 2.05) is 17.5 Å². The summed E-state index contributed by atoms with van der Waals surface area (Å²) in [7, 11) is 0. The van der Waals surface area contributed by atoms with Crippen molar-refractivity contribution in [1.82, 2.24) is 15.2 Å². The van der Waals surface area contributed by atoms with E-state index in [1.54, 1.807) is 36.4 Å². The second-order valence-electron chi connectivity index (χ2n) is 8.78. The number of carbonyl (C=O) groups excluding carboxylic acids is 4. The zero-order valence-electron chi connectivity index (χ0n) is 19.3. The maximum absolute atomic E-state index is 12.8. The van der Waals surface area contributed by atoms with Crippen LogP contribution in [0.15, 0.2) is 53.9 Å². The van der Waals surface area contributed by atoms with Crippen LogP contribution in [0.25, 0.3) is 11.3 Å². The second-order valence-corrected chi connectivity index (χ2v) is 9.64. The largest absolute Gasteiger partial charge is 0.366 e. The van der Waals surface area contributed by atoms with Gasteiger partial charge in [0.05, 0.1) is 12.1 Å². The van der Waals surface area contributed by atoms with Crippen molar-refractivity contribution in [2.75, 3.05) is 11.9 Å². The van der Waals surface area contributed by atoms with Crippen LogP contribution in [0.1, 0.15) is 45.5 Å². The number of nitrogens with two attached hydrogens (primary N) is 1. The second kappa shape index (κ2) is 9.90. The highest BCUT2D eigenvalue weighted by atomic mass is 32.1. The summed E-state index contributed by atoms with van der Waals surface area (Å²) in [5.74, 6) is -1.38. The summed E-state index contributed by atoms with van der Waals surface area (Å²) < 4.78 is 0. The fourth-order valence-corrected chi connectivity index (χ4v) is 4.65. The molecule has 2 aromatic carbocycles. The average Bonchev–Trinajstić information content (AvgIpc) is 3.53. The van der Waals surface area contributed by atoms with Crippen molar-refractivity contribution in [2.24, 2.45) is 5.73 Å². The lowest BCUT2D eigenvalue weighted by molar-refractivity contribution is -0.142. The topological polar surface area (TPSA) is 134 Å². The monoisotopic (exact) mass is 502 g/mol. The molecule has 2 aliphatic rings. The van der Waals surface area contributed by atoms with Crippen LogP contribution in [0.2, 0.25) is 0 Å². The molecule has 5 rings (SSSR count). The Morgan fingerprint density at radius 2 is 1.78 bits per heavy atom. The third kappa shape index (κ3) is 5.13. The number of benzene rings is 2. The Hall–Kier alpha value is -4.05. The number of hydrogen-bond acceptors (Lipinski definition) is 6. The molecule has 0 bridgehead atoms. The van der Waals surface area contributed by atoms with E-state index in [4.69, 9.17) is 5.73 Å². The lowest BCUT2D eigenvalue weighted by atomic mass is 9.98. The lowest BCUT2D eigenvalue weighted by Gasteiger charge is -2.39. The van der Waals surface area contributed by atoms with E-state index in [0.717, 1.165) is 18.4 Å². The number of hydrogen-bond donors (Lipinski definition) is 3. The minimum absolute atomic E-state index is 0.0785. The Kier molecular flexibility index (Phi) is 6.51. The van der Waals surface area contributed by atoms with Crippen LogP contribution in [0.3, 0.4) is 0 Å². The van der Waals surface area contributed by atoms with E-state index < -0.39 is 11.9 Å².